The summed E-state index contributed by atoms with van der Waals surface area (Å²) in [5.74, 6) is 0.333. The molecule has 0 amide bonds. The zero-order valence-electron chi connectivity index (χ0n) is 7.86. The van der Waals surface area contributed by atoms with E-state index >= 15 is 0 Å². The molecule has 0 bridgehead atoms. The fraction of sp³-hybridized carbons (Fsp3) is 0.300. The van der Waals surface area contributed by atoms with Gasteiger partial charge >= 0.3 is 0 Å². The first kappa shape index (κ1) is 8.87. The fourth-order valence-corrected chi connectivity index (χ4v) is 1.20. The fourth-order valence-electron chi connectivity index (χ4n) is 1.20. The van der Waals surface area contributed by atoms with Crippen LogP contribution in [0, 0.1) is 6.92 Å². The number of ether oxygens (including phenoxy) is 1. The summed E-state index contributed by atoms with van der Waals surface area (Å²) in [6.45, 7) is 2.45. The van der Waals surface area contributed by atoms with Gasteiger partial charge in [0.15, 0.2) is 5.76 Å². The summed E-state index contributed by atoms with van der Waals surface area (Å²) in [6.07, 6.45) is 5.80. The molecule has 1 aromatic rings. The number of carbonyl (C=O) groups excluding carboxylic acids is 1. The van der Waals surface area contributed by atoms with Crippen molar-refractivity contribution < 1.29 is 9.53 Å². The molecule has 0 saturated heterocycles. The molecule has 1 aliphatic rings. The summed E-state index contributed by atoms with van der Waals surface area (Å²) < 4.78 is 5.13. The average Bonchev–Trinajstić information content (AvgIpc) is 2.71. The minimum Gasteiger partial charge on any atom is -0.489 e. The molecule has 0 spiro atoms. The second-order valence-corrected chi connectivity index (χ2v) is 3.12. The van der Waals surface area contributed by atoms with E-state index in [1.807, 2.05) is 6.92 Å². The molecule has 2 heterocycles. The van der Waals surface area contributed by atoms with Gasteiger partial charge in [0.05, 0.1) is 6.61 Å². The van der Waals surface area contributed by atoms with Gasteiger partial charge in [0, 0.05) is 18.8 Å². The maximum atomic E-state index is 11.6. The summed E-state index contributed by atoms with van der Waals surface area (Å²) in [5.41, 5.74) is 0.933. The van der Waals surface area contributed by atoms with Gasteiger partial charge in [-0.25, -0.2) is 9.97 Å². The highest BCUT2D eigenvalue weighted by molar-refractivity contribution is 6.04. The highest BCUT2D eigenvalue weighted by Gasteiger charge is 2.19. The quantitative estimate of drug-likeness (QED) is 0.659. The Hall–Kier alpha value is -1.71. The Kier molecular flexibility index (Phi) is 2.26. The van der Waals surface area contributed by atoms with Crippen LogP contribution in [0.2, 0.25) is 0 Å². The number of hydrogen-bond acceptors (Lipinski definition) is 4. The number of nitrogens with zero attached hydrogens (tertiary/aromatic N) is 2. The van der Waals surface area contributed by atoms with E-state index in [0.717, 1.165) is 12.0 Å². The van der Waals surface area contributed by atoms with Crippen molar-refractivity contribution in [3.8, 4) is 0 Å². The van der Waals surface area contributed by atoms with Gasteiger partial charge in [-0.1, -0.05) is 0 Å². The van der Waals surface area contributed by atoms with Crippen molar-refractivity contribution in [1.82, 2.24) is 9.97 Å². The third kappa shape index (κ3) is 1.64. The number of allylic oxidation sites excluding steroid dienone is 1. The molecule has 72 valence electrons. The summed E-state index contributed by atoms with van der Waals surface area (Å²) in [4.78, 5) is 19.5. The van der Waals surface area contributed by atoms with E-state index in [1.54, 1.807) is 18.5 Å². The van der Waals surface area contributed by atoms with Gasteiger partial charge in [-0.3, -0.25) is 4.79 Å². The van der Waals surface area contributed by atoms with Crippen LogP contribution in [0.15, 0.2) is 24.2 Å². The number of Topliss-reactive ketones (excluding diaryl/α,β-unsaturated/α-hetero) is 1. The molecule has 4 heteroatoms. The number of carbonyl (C=O) groups is 1. The van der Waals surface area contributed by atoms with Crippen LogP contribution in [0.25, 0.3) is 0 Å². The summed E-state index contributed by atoms with van der Waals surface area (Å²) in [5, 5.41) is 0. The first-order valence-electron chi connectivity index (χ1n) is 4.43. The Balaban J connectivity index is 2.22. The molecule has 0 fully saturated rings. The lowest BCUT2D eigenvalue weighted by molar-refractivity contribution is 0.0932. The van der Waals surface area contributed by atoms with E-state index in [9.17, 15) is 4.79 Å². The highest BCUT2D eigenvalue weighted by Crippen LogP contribution is 2.13. The van der Waals surface area contributed by atoms with Gasteiger partial charge in [-0.15, -0.1) is 0 Å². The first-order valence-corrected chi connectivity index (χ1v) is 4.43. The van der Waals surface area contributed by atoms with Crippen LogP contribution in [0.5, 0.6) is 0 Å². The largest absolute Gasteiger partial charge is 0.489 e. The van der Waals surface area contributed by atoms with Gasteiger partial charge in [-0.05, 0) is 18.6 Å². The molecular weight excluding hydrogens is 180 g/mol. The number of ketones is 1. The maximum Gasteiger partial charge on any atom is 0.264 e. The van der Waals surface area contributed by atoms with Crippen LogP contribution in [0.4, 0.5) is 0 Å². The molecule has 0 aromatic carbocycles. The third-order valence-corrected chi connectivity index (χ3v) is 1.91. The van der Waals surface area contributed by atoms with Crippen LogP contribution in [0.3, 0.4) is 0 Å². The van der Waals surface area contributed by atoms with Crippen molar-refractivity contribution in [2.75, 3.05) is 6.61 Å². The summed E-state index contributed by atoms with van der Waals surface area (Å²) in [6, 6.07) is 0. The van der Waals surface area contributed by atoms with Crippen molar-refractivity contribution in [1.29, 1.82) is 0 Å². The van der Waals surface area contributed by atoms with Crippen LogP contribution in [-0.4, -0.2) is 22.4 Å². The molecule has 1 aliphatic heterocycles. The molecule has 0 saturated carbocycles. The lowest BCUT2D eigenvalue weighted by Gasteiger charge is -2.00. The molecule has 2 rings (SSSR count). The minimum absolute atomic E-state index is 0.198. The van der Waals surface area contributed by atoms with Crippen LogP contribution in [-0.2, 0) is 4.74 Å². The molecule has 14 heavy (non-hydrogen) atoms. The smallest absolute Gasteiger partial charge is 0.264 e. The topological polar surface area (TPSA) is 52.1 Å². The van der Waals surface area contributed by atoms with Gasteiger partial charge in [0.2, 0.25) is 5.82 Å². The monoisotopic (exact) mass is 190 g/mol. The van der Waals surface area contributed by atoms with Crippen molar-refractivity contribution in [2.24, 2.45) is 0 Å². The Morgan fingerprint density at radius 2 is 2.14 bits per heavy atom. The summed E-state index contributed by atoms with van der Waals surface area (Å²) in [7, 11) is 0. The molecule has 0 radical (unpaired) electrons. The predicted molar refractivity (Wildman–Crippen MR) is 49.8 cm³/mol. The van der Waals surface area contributed by atoms with Crippen LogP contribution in [0.1, 0.15) is 22.6 Å². The summed E-state index contributed by atoms with van der Waals surface area (Å²) >= 11 is 0. The molecule has 0 atom stereocenters. The van der Waals surface area contributed by atoms with Crippen molar-refractivity contribution in [3.05, 3.63) is 35.6 Å². The molecular formula is C10H10N2O2. The van der Waals surface area contributed by atoms with Gasteiger partial charge in [0.25, 0.3) is 5.78 Å². The van der Waals surface area contributed by atoms with E-state index in [1.165, 1.54) is 0 Å². The number of rotatable bonds is 2. The normalized spacial score (nSPS) is 14.8. The molecule has 0 N–H and O–H groups in total. The number of aryl methyl sites for hydroxylation is 1. The van der Waals surface area contributed by atoms with Crippen molar-refractivity contribution in [2.45, 2.75) is 13.3 Å². The zero-order chi connectivity index (χ0) is 9.97. The van der Waals surface area contributed by atoms with E-state index in [-0.39, 0.29) is 11.6 Å². The molecule has 4 nitrogen and oxygen atoms in total. The third-order valence-electron chi connectivity index (χ3n) is 1.91. The first-order chi connectivity index (χ1) is 6.77. The predicted octanol–water partition coefficient (Wildman–Crippen LogP) is 1.27. The second kappa shape index (κ2) is 3.57. The van der Waals surface area contributed by atoms with E-state index in [0.29, 0.717) is 12.4 Å². The number of hydrogen-bond donors (Lipinski definition) is 0. The van der Waals surface area contributed by atoms with Gasteiger partial charge in [-0.2, -0.15) is 0 Å². The van der Waals surface area contributed by atoms with E-state index in [2.05, 4.69) is 9.97 Å². The highest BCUT2D eigenvalue weighted by atomic mass is 16.5. The van der Waals surface area contributed by atoms with Crippen molar-refractivity contribution >= 4 is 5.78 Å². The lowest BCUT2D eigenvalue weighted by Crippen LogP contribution is -2.08. The Labute approximate surface area is 81.6 Å². The molecule has 1 aromatic heterocycles. The van der Waals surface area contributed by atoms with Crippen LogP contribution < -0.4 is 0 Å². The lowest BCUT2D eigenvalue weighted by atomic mass is 10.3. The average molecular weight is 190 g/mol. The van der Waals surface area contributed by atoms with Gasteiger partial charge < -0.3 is 4.74 Å². The Morgan fingerprint density at radius 1 is 1.43 bits per heavy atom. The SMILES string of the molecule is Cc1cnc(C(=O)C2=CCCO2)nc1. The Bertz CT molecular complexity index is 382. The minimum atomic E-state index is -0.234. The van der Waals surface area contributed by atoms with E-state index in [4.69, 9.17) is 4.74 Å². The number of aromatic nitrogens is 2. The van der Waals surface area contributed by atoms with E-state index < -0.39 is 0 Å². The molecule has 0 unspecified atom stereocenters. The van der Waals surface area contributed by atoms with Crippen molar-refractivity contribution in [3.63, 3.8) is 0 Å². The maximum absolute atomic E-state index is 11.6. The Morgan fingerprint density at radius 3 is 2.71 bits per heavy atom. The van der Waals surface area contributed by atoms with Crippen LogP contribution >= 0.6 is 0 Å². The standard InChI is InChI=1S/C10H10N2O2/c1-7-5-11-10(12-6-7)9(13)8-3-2-4-14-8/h3,5-6H,2,4H2,1H3. The molecule has 0 aliphatic carbocycles. The second-order valence-electron chi connectivity index (χ2n) is 3.12. The van der Waals surface area contributed by atoms with Gasteiger partial charge in [0.1, 0.15) is 0 Å². The zero-order valence-corrected chi connectivity index (χ0v) is 7.86.